The minimum Gasteiger partial charge on any atom is -0.335 e. The van der Waals surface area contributed by atoms with Crippen LogP contribution >= 0.6 is 28.1 Å². The zero-order valence-corrected chi connectivity index (χ0v) is 12.9. The van der Waals surface area contributed by atoms with Crippen LogP contribution in [0.3, 0.4) is 0 Å². The molecular weight excluding hydrogens is 334 g/mol. The Hall–Kier alpha value is -1.85. The first kappa shape index (κ1) is 13.1. The molecule has 3 rings (SSSR count). The first-order valence-corrected chi connectivity index (χ1v) is 7.32. The molecule has 0 unspecified atom stereocenters. The molecule has 3 aromatic rings. The maximum atomic E-state index is 5.33. The van der Waals surface area contributed by atoms with Crippen molar-refractivity contribution < 1.29 is 0 Å². The molecule has 20 heavy (non-hydrogen) atoms. The van der Waals surface area contributed by atoms with Crippen molar-refractivity contribution in [2.75, 3.05) is 5.43 Å². The van der Waals surface area contributed by atoms with Crippen LogP contribution in [0.15, 0.2) is 65.3 Å². The Morgan fingerprint density at radius 1 is 1.00 bits per heavy atom. The molecule has 2 aromatic carbocycles. The minimum absolute atomic E-state index is 0.631. The van der Waals surface area contributed by atoms with E-state index in [1.807, 2.05) is 65.5 Å². The molecule has 1 aromatic heterocycles. The molecular formula is C15H12BrN3S. The second-order valence-electron chi connectivity index (χ2n) is 4.30. The molecule has 0 bridgehead atoms. The molecule has 0 fully saturated rings. The van der Waals surface area contributed by atoms with E-state index in [0.717, 1.165) is 21.4 Å². The Kier molecular flexibility index (Phi) is 3.71. The van der Waals surface area contributed by atoms with Gasteiger partial charge >= 0.3 is 0 Å². The highest BCUT2D eigenvalue weighted by molar-refractivity contribution is 9.10. The summed E-state index contributed by atoms with van der Waals surface area (Å²) < 4.78 is 3.55. The molecule has 0 amide bonds. The second kappa shape index (κ2) is 5.64. The van der Waals surface area contributed by atoms with E-state index in [-0.39, 0.29) is 0 Å². The van der Waals surface area contributed by atoms with E-state index < -0.39 is 0 Å². The Morgan fingerprint density at radius 3 is 2.40 bits per heavy atom. The number of aromatic nitrogens is 2. The number of rotatable bonds is 3. The van der Waals surface area contributed by atoms with E-state index in [9.17, 15) is 0 Å². The maximum absolute atomic E-state index is 5.33. The van der Waals surface area contributed by atoms with Gasteiger partial charge in [0.15, 0.2) is 4.77 Å². The third kappa shape index (κ3) is 2.69. The number of para-hydroxylation sites is 1. The monoisotopic (exact) mass is 345 g/mol. The largest absolute Gasteiger partial charge is 0.335 e. The summed E-state index contributed by atoms with van der Waals surface area (Å²) in [5.74, 6) is 0. The van der Waals surface area contributed by atoms with Gasteiger partial charge in [-0.15, -0.1) is 0 Å². The summed E-state index contributed by atoms with van der Waals surface area (Å²) in [4.78, 5) is 3.07. The van der Waals surface area contributed by atoms with Crippen molar-refractivity contribution in [3.63, 3.8) is 0 Å². The van der Waals surface area contributed by atoms with Crippen LogP contribution in [0.1, 0.15) is 0 Å². The van der Waals surface area contributed by atoms with Crippen molar-refractivity contribution in [2.45, 2.75) is 0 Å². The topological polar surface area (TPSA) is 32.8 Å². The summed E-state index contributed by atoms with van der Waals surface area (Å²) in [7, 11) is 0. The molecule has 0 saturated heterocycles. The van der Waals surface area contributed by atoms with Gasteiger partial charge in [0.25, 0.3) is 0 Å². The van der Waals surface area contributed by atoms with Crippen molar-refractivity contribution in [3.05, 3.63) is 70.0 Å². The fraction of sp³-hybridized carbons (Fsp3) is 0. The van der Waals surface area contributed by atoms with Crippen molar-refractivity contribution in [3.8, 4) is 11.3 Å². The zero-order chi connectivity index (χ0) is 13.9. The normalized spacial score (nSPS) is 10.4. The van der Waals surface area contributed by atoms with E-state index in [1.165, 1.54) is 0 Å². The Balaban J connectivity index is 2.01. The van der Waals surface area contributed by atoms with Gasteiger partial charge in [-0.25, -0.2) is 4.68 Å². The number of hydrogen-bond donors (Lipinski definition) is 2. The van der Waals surface area contributed by atoms with Crippen LogP contribution in [0.2, 0.25) is 0 Å². The molecule has 5 heteroatoms. The van der Waals surface area contributed by atoms with E-state index in [0.29, 0.717) is 4.77 Å². The van der Waals surface area contributed by atoms with Crippen molar-refractivity contribution in [1.82, 2.24) is 9.66 Å². The van der Waals surface area contributed by atoms with Gasteiger partial charge < -0.3 is 4.98 Å². The number of anilines is 1. The summed E-state index contributed by atoms with van der Waals surface area (Å²) in [5, 5.41) is 0. The number of hydrogen-bond acceptors (Lipinski definition) is 2. The van der Waals surface area contributed by atoms with Crippen molar-refractivity contribution in [2.24, 2.45) is 0 Å². The lowest BCUT2D eigenvalue weighted by Crippen LogP contribution is -2.10. The molecule has 0 saturated carbocycles. The number of imidazole rings is 1. The van der Waals surface area contributed by atoms with Crippen LogP contribution in [-0.4, -0.2) is 9.66 Å². The van der Waals surface area contributed by atoms with Crippen molar-refractivity contribution in [1.29, 1.82) is 0 Å². The van der Waals surface area contributed by atoms with Crippen molar-refractivity contribution >= 4 is 33.8 Å². The number of benzene rings is 2. The highest BCUT2D eigenvalue weighted by Gasteiger charge is 2.06. The predicted molar refractivity (Wildman–Crippen MR) is 88.2 cm³/mol. The van der Waals surface area contributed by atoms with Gasteiger partial charge in [-0.3, -0.25) is 5.43 Å². The van der Waals surface area contributed by atoms with Crippen LogP contribution in [0.5, 0.6) is 0 Å². The molecule has 0 aliphatic heterocycles. The molecule has 0 atom stereocenters. The fourth-order valence-corrected chi connectivity index (χ4v) is 2.42. The molecule has 0 aliphatic carbocycles. The number of aromatic amines is 1. The van der Waals surface area contributed by atoms with Crippen LogP contribution < -0.4 is 5.43 Å². The van der Waals surface area contributed by atoms with E-state index >= 15 is 0 Å². The third-order valence-corrected chi connectivity index (χ3v) is 3.76. The highest BCUT2D eigenvalue weighted by atomic mass is 79.9. The zero-order valence-electron chi connectivity index (χ0n) is 10.5. The molecule has 2 N–H and O–H groups in total. The second-order valence-corrected chi connectivity index (χ2v) is 5.60. The van der Waals surface area contributed by atoms with Gasteiger partial charge in [-0.1, -0.05) is 46.3 Å². The molecule has 0 aliphatic rings. The van der Waals surface area contributed by atoms with Gasteiger partial charge in [0.05, 0.1) is 11.4 Å². The SMILES string of the molecule is S=c1[nH]cc(-c2ccc(Br)cc2)n1Nc1ccccc1. The predicted octanol–water partition coefficient (Wildman–Crippen LogP) is 4.85. The van der Waals surface area contributed by atoms with Gasteiger partial charge in [0, 0.05) is 16.2 Å². The van der Waals surface area contributed by atoms with Crippen LogP contribution in [0, 0.1) is 4.77 Å². The summed E-state index contributed by atoms with van der Waals surface area (Å²) in [6, 6.07) is 18.1. The number of nitrogens with zero attached hydrogens (tertiary/aromatic N) is 1. The molecule has 3 nitrogen and oxygen atoms in total. The summed E-state index contributed by atoms with van der Waals surface area (Å²) in [5.41, 5.74) is 6.37. The van der Waals surface area contributed by atoms with E-state index in [1.54, 1.807) is 0 Å². The Bertz CT molecular complexity index is 760. The lowest BCUT2D eigenvalue weighted by Gasteiger charge is -2.11. The van der Waals surface area contributed by atoms with E-state index in [2.05, 4.69) is 26.3 Å². The number of nitrogens with one attached hydrogen (secondary N) is 2. The molecule has 0 spiro atoms. The average molecular weight is 346 g/mol. The Morgan fingerprint density at radius 2 is 1.70 bits per heavy atom. The fourth-order valence-electron chi connectivity index (χ4n) is 1.95. The van der Waals surface area contributed by atoms with Gasteiger partial charge in [0.1, 0.15) is 0 Å². The van der Waals surface area contributed by atoms with Crippen LogP contribution in [0.4, 0.5) is 5.69 Å². The van der Waals surface area contributed by atoms with Crippen LogP contribution in [0.25, 0.3) is 11.3 Å². The number of H-pyrrole nitrogens is 1. The molecule has 1 heterocycles. The standard InChI is InChI=1S/C15H12BrN3S/c16-12-8-6-11(7-9-12)14-10-17-15(20)19(14)18-13-4-2-1-3-5-13/h1-10,18H,(H,17,20). The molecule has 0 radical (unpaired) electrons. The van der Waals surface area contributed by atoms with Crippen LogP contribution in [-0.2, 0) is 0 Å². The first-order chi connectivity index (χ1) is 9.74. The number of halogens is 1. The first-order valence-electron chi connectivity index (χ1n) is 6.12. The Labute approximate surface area is 130 Å². The van der Waals surface area contributed by atoms with Gasteiger partial charge in [-0.2, -0.15) is 0 Å². The molecule has 100 valence electrons. The summed E-state index contributed by atoms with van der Waals surface area (Å²) in [6.45, 7) is 0. The lowest BCUT2D eigenvalue weighted by molar-refractivity contribution is 0.942. The quantitative estimate of drug-likeness (QED) is 0.665. The lowest BCUT2D eigenvalue weighted by atomic mass is 10.2. The van der Waals surface area contributed by atoms with Gasteiger partial charge in [-0.05, 0) is 36.5 Å². The summed E-state index contributed by atoms with van der Waals surface area (Å²) in [6.07, 6.45) is 1.90. The minimum atomic E-state index is 0.631. The third-order valence-electron chi connectivity index (χ3n) is 2.93. The summed E-state index contributed by atoms with van der Waals surface area (Å²) >= 11 is 8.78. The maximum Gasteiger partial charge on any atom is 0.196 e. The highest BCUT2D eigenvalue weighted by Crippen LogP contribution is 2.22. The smallest absolute Gasteiger partial charge is 0.196 e. The average Bonchev–Trinajstić information content (AvgIpc) is 2.83. The van der Waals surface area contributed by atoms with E-state index in [4.69, 9.17) is 12.2 Å². The van der Waals surface area contributed by atoms with Gasteiger partial charge in [0.2, 0.25) is 0 Å².